The number of nitrogens with two attached hydrogens (primary N) is 1. The molecule has 2 rings (SSSR count). The fourth-order valence-corrected chi connectivity index (χ4v) is 3.98. The average molecular weight is 272 g/mol. The predicted octanol–water partition coefficient (Wildman–Crippen LogP) is 1.10. The molecule has 1 fully saturated rings. The second kappa shape index (κ2) is 4.95. The Kier molecular flexibility index (Phi) is 3.70. The molecule has 0 radical (unpaired) electrons. The summed E-state index contributed by atoms with van der Waals surface area (Å²) >= 11 is 0. The van der Waals surface area contributed by atoms with Crippen LogP contribution in [0, 0.1) is 18.7 Å². The van der Waals surface area contributed by atoms with Crippen molar-refractivity contribution >= 4 is 10.0 Å². The SMILES string of the molecule is Cc1c(F)cccc1S(=O)(=O)N1CCC(CN)C1. The summed E-state index contributed by atoms with van der Waals surface area (Å²) < 4.78 is 39.6. The molecule has 2 N–H and O–H groups in total. The van der Waals surface area contributed by atoms with Gasteiger partial charge in [0.1, 0.15) is 5.82 Å². The van der Waals surface area contributed by atoms with E-state index in [1.54, 1.807) is 0 Å². The van der Waals surface area contributed by atoms with E-state index in [-0.39, 0.29) is 16.4 Å². The van der Waals surface area contributed by atoms with E-state index >= 15 is 0 Å². The summed E-state index contributed by atoms with van der Waals surface area (Å²) in [5, 5.41) is 0. The third-order valence-corrected chi connectivity index (χ3v) is 5.43. The lowest BCUT2D eigenvalue weighted by molar-refractivity contribution is 0.457. The summed E-state index contributed by atoms with van der Waals surface area (Å²) in [4.78, 5) is 0.0557. The van der Waals surface area contributed by atoms with Crippen molar-refractivity contribution in [3.63, 3.8) is 0 Å². The van der Waals surface area contributed by atoms with Gasteiger partial charge in [0.25, 0.3) is 0 Å². The molecule has 1 saturated heterocycles. The quantitative estimate of drug-likeness (QED) is 0.896. The van der Waals surface area contributed by atoms with Gasteiger partial charge in [-0.25, -0.2) is 12.8 Å². The van der Waals surface area contributed by atoms with Gasteiger partial charge in [0.15, 0.2) is 0 Å². The van der Waals surface area contributed by atoms with Crippen LogP contribution >= 0.6 is 0 Å². The largest absolute Gasteiger partial charge is 0.330 e. The fraction of sp³-hybridized carbons (Fsp3) is 0.500. The van der Waals surface area contributed by atoms with E-state index in [9.17, 15) is 12.8 Å². The number of halogens is 1. The number of hydrogen-bond acceptors (Lipinski definition) is 3. The average Bonchev–Trinajstić information content (AvgIpc) is 2.81. The normalized spacial score (nSPS) is 21.4. The molecule has 18 heavy (non-hydrogen) atoms. The van der Waals surface area contributed by atoms with Gasteiger partial charge in [0.2, 0.25) is 10.0 Å². The third kappa shape index (κ3) is 2.28. The van der Waals surface area contributed by atoms with Crippen LogP contribution in [0.5, 0.6) is 0 Å². The van der Waals surface area contributed by atoms with Crippen molar-refractivity contribution in [3.05, 3.63) is 29.6 Å². The summed E-state index contributed by atoms with van der Waals surface area (Å²) in [6.45, 7) is 2.85. The molecule has 1 aromatic rings. The lowest BCUT2D eigenvalue weighted by Gasteiger charge is -2.18. The predicted molar refractivity (Wildman–Crippen MR) is 67.1 cm³/mol. The van der Waals surface area contributed by atoms with Crippen LogP contribution in [0.1, 0.15) is 12.0 Å². The third-order valence-electron chi connectivity index (χ3n) is 3.42. The van der Waals surface area contributed by atoms with Crippen LogP contribution in [0.4, 0.5) is 4.39 Å². The first-order valence-corrected chi connectivity index (χ1v) is 7.36. The summed E-state index contributed by atoms with van der Waals surface area (Å²) in [6.07, 6.45) is 0.768. The summed E-state index contributed by atoms with van der Waals surface area (Å²) in [5.74, 6) is -0.292. The van der Waals surface area contributed by atoms with Crippen molar-refractivity contribution in [1.82, 2.24) is 4.31 Å². The van der Waals surface area contributed by atoms with Crippen molar-refractivity contribution in [2.75, 3.05) is 19.6 Å². The Balaban J connectivity index is 2.35. The highest BCUT2D eigenvalue weighted by Crippen LogP contribution is 2.26. The molecular formula is C12H17FN2O2S. The second-order valence-corrected chi connectivity index (χ2v) is 6.52. The van der Waals surface area contributed by atoms with E-state index < -0.39 is 15.8 Å². The smallest absolute Gasteiger partial charge is 0.243 e. The number of nitrogens with zero attached hydrogens (tertiary/aromatic N) is 1. The molecule has 1 heterocycles. The minimum Gasteiger partial charge on any atom is -0.330 e. The molecule has 1 aliphatic heterocycles. The van der Waals surface area contributed by atoms with E-state index in [4.69, 9.17) is 5.73 Å². The lowest BCUT2D eigenvalue weighted by atomic mass is 10.1. The van der Waals surface area contributed by atoms with E-state index in [1.807, 2.05) is 0 Å². The van der Waals surface area contributed by atoms with E-state index in [1.165, 1.54) is 29.4 Å². The Morgan fingerprint density at radius 1 is 1.50 bits per heavy atom. The van der Waals surface area contributed by atoms with Crippen LogP contribution in [-0.4, -0.2) is 32.4 Å². The molecular weight excluding hydrogens is 255 g/mol. The summed E-state index contributed by atoms with van der Waals surface area (Å²) in [5.41, 5.74) is 5.73. The van der Waals surface area contributed by atoms with Crippen LogP contribution in [0.25, 0.3) is 0 Å². The second-order valence-electron chi connectivity index (χ2n) is 4.62. The molecule has 6 heteroatoms. The molecule has 0 bridgehead atoms. The van der Waals surface area contributed by atoms with Gasteiger partial charge in [-0.15, -0.1) is 0 Å². The molecule has 1 aromatic carbocycles. The highest BCUT2D eigenvalue weighted by atomic mass is 32.2. The first-order valence-electron chi connectivity index (χ1n) is 5.92. The lowest BCUT2D eigenvalue weighted by Crippen LogP contribution is -2.30. The van der Waals surface area contributed by atoms with Crippen LogP contribution < -0.4 is 5.73 Å². The van der Waals surface area contributed by atoms with E-state index in [0.717, 1.165) is 6.42 Å². The van der Waals surface area contributed by atoms with Gasteiger partial charge in [0.05, 0.1) is 4.90 Å². The number of hydrogen-bond donors (Lipinski definition) is 1. The zero-order chi connectivity index (χ0) is 13.3. The monoisotopic (exact) mass is 272 g/mol. The van der Waals surface area contributed by atoms with Crippen LogP contribution in [0.3, 0.4) is 0 Å². The number of rotatable bonds is 3. The molecule has 1 atom stereocenters. The maximum Gasteiger partial charge on any atom is 0.243 e. The summed E-state index contributed by atoms with van der Waals surface area (Å²) in [7, 11) is -3.60. The molecule has 0 spiro atoms. The number of sulfonamides is 1. The Hall–Kier alpha value is -0.980. The zero-order valence-electron chi connectivity index (χ0n) is 10.3. The molecule has 0 aromatic heterocycles. The maximum atomic E-state index is 13.4. The Bertz CT molecular complexity index is 545. The zero-order valence-corrected chi connectivity index (χ0v) is 11.1. The van der Waals surface area contributed by atoms with Crippen LogP contribution in [0.2, 0.25) is 0 Å². The first-order chi connectivity index (χ1) is 8.46. The maximum absolute atomic E-state index is 13.4. The van der Waals surface area contributed by atoms with Gasteiger partial charge >= 0.3 is 0 Å². The first kappa shape index (κ1) is 13.5. The van der Waals surface area contributed by atoms with E-state index in [2.05, 4.69) is 0 Å². The Morgan fingerprint density at radius 2 is 2.22 bits per heavy atom. The molecule has 1 unspecified atom stereocenters. The van der Waals surface area contributed by atoms with Crippen molar-refractivity contribution in [2.24, 2.45) is 11.7 Å². The van der Waals surface area contributed by atoms with Gasteiger partial charge in [-0.05, 0) is 37.9 Å². The molecule has 0 amide bonds. The molecule has 1 aliphatic rings. The van der Waals surface area contributed by atoms with Crippen molar-refractivity contribution in [2.45, 2.75) is 18.2 Å². The number of benzene rings is 1. The molecule has 0 saturated carbocycles. The van der Waals surface area contributed by atoms with Crippen molar-refractivity contribution < 1.29 is 12.8 Å². The van der Waals surface area contributed by atoms with Gasteiger partial charge in [0, 0.05) is 18.7 Å². The van der Waals surface area contributed by atoms with Crippen LogP contribution in [-0.2, 0) is 10.0 Å². The highest BCUT2D eigenvalue weighted by Gasteiger charge is 2.33. The van der Waals surface area contributed by atoms with Gasteiger partial charge in [-0.2, -0.15) is 4.31 Å². The topological polar surface area (TPSA) is 63.4 Å². The van der Waals surface area contributed by atoms with Gasteiger partial charge in [-0.3, -0.25) is 0 Å². The highest BCUT2D eigenvalue weighted by molar-refractivity contribution is 7.89. The fourth-order valence-electron chi connectivity index (χ4n) is 2.21. The van der Waals surface area contributed by atoms with Gasteiger partial charge in [-0.1, -0.05) is 6.07 Å². The summed E-state index contributed by atoms with van der Waals surface area (Å²) in [6, 6.07) is 4.14. The Labute approximate surface area is 107 Å². The molecule has 0 aliphatic carbocycles. The molecule has 4 nitrogen and oxygen atoms in total. The van der Waals surface area contributed by atoms with E-state index in [0.29, 0.717) is 19.6 Å². The minimum atomic E-state index is -3.60. The van der Waals surface area contributed by atoms with Crippen molar-refractivity contribution in [1.29, 1.82) is 0 Å². The Morgan fingerprint density at radius 3 is 2.83 bits per heavy atom. The van der Waals surface area contributed by atoms with Crippen molar-refractivity contribution in [3.8, 4) is 0 Å². The molecule has 100 valence electrons. The standard InChI is InChI=1S/C12H17FN2O2S/c1-9-11(13)3-2-4-12(9)18(16,17)15-6-5-10(7-14)8-15/h2-4,10H,5-8,14H2,1H3. The van der Waals surface area contributed by atoms with Gasteiger partial charge < -0.3 is 5.73 Å². The van der Waals surface area contributed by atoms with Crippen LogP contribution in [0.15, 0.2) is 23.1 Å². The minimum absolute atomic E-state index is 0.0557.